The lowest BCUT2D eigenvalue weighted by Crippen LogP contribution is -2.32. The number of rotatable bonds is 2. The number of hydrogen-bond donors (Lipinski definition) is 4. The van der Waals surface area contributed by atoms with Crippen LogP contribution in [0.25, 0.3) is 0 Å². The fourth-order valence-corrected chi connectivity index (χ4v) is 5.42. The van der Waals surface area contributed by atoms with Crippen LogP contribution in [0.3, 0.4) is 0 Å². The number of fused-ring (bicyclic) bond motifs is 2. The molecular weight excluding hydrogens is 272 g/mol. The quantitative estimate of drug-likeness (QED) is 0.531. The van der Waals surface area contributed by atoms with Gasteiger partial charge in [0.25, 0.3) is 0 Å². The Bertz CT molecular complexity index is 531. The van der Waals surface area contributed by atoms with Gasteiger partial charge >= 0.3 is 12.1 Å². The number of amides is 4. The predicted octanol–water partition coefficient (Wildman–Crippen LogP) is -0.0431. The molecule has 0 saturated heterocycles. The van der Waals surface area contributed by atoms with Gasteiger partial charge in [-0.05, 0) is 42.9 Å². The number of nitrogens with zero attached hydrogens (tertiary/aromatic N) is 2. The summed E-state index contributed by atoms with van der Waals surface area (Å²) in [6.07, 6.45) is 3.10. The number of carbonyl (C=O) groups excluding carboxylic acids is 2. The molecule has 4 aliphatic carbocycles. The van der Waals surface area contributed by atoms with E-state index < -0.39 is 12.1 Å². The summed E-state index contributed by atoms with van der Waals surface area (Å²) in [5, 5.41) is 8.43. The summed E-state index contributed by atoms with van der Waals surface area (Å²) in [5.74, 6) is 3.20. The zero-order valence-electron chi connectivity index (χ0n) is 11.5. The first kappa shape index (κ1) is 12.6. The fourth-order valence-electron chi connectivity index (χ4n) is 5.42. The van der Waals surface area contributed by atoms with Crippen LogP contribution >= 0.6 is 0 Å². The summed E-state index contributed by atoms with van der Waals surface area (Å²) in [6, 6.07) is -1.27. The Labute approximate surface area is 121 Å². The van der Waals surface area contributed by atoms with Crippen LogP contribution in [0.4, 0.5) is 9.59 Å². The van der Waals surface area contributed by atoms with Gasteiger partial charge in [-0.3, -0.25) is 0 Å². The summed E-state index contributed by atoms with van der Waals surface area (Å²) in [5.41, 5.74) is 17.0. The van der Waals surface area contributed by atoms with Crippen LogP contribution in [0, 0.1) is 35.5 Å². The second-order valence-corrected chi connectivity index (χ2v) is 6.51. The average molecular weight is 290 g/mol. The molecule has 0 aromatic heterocycles. The summed E-state index contributed by atoms with van der Waals surface area (Å²) in [7, 11) is 0. The van der Waals surface area contributed by atoms with Crippen molar-refractivity contribution in [2.45, 2.75) is 19.3 Å². The van der Waals surface area contributed by atoms with E-state index >= 15 is 0 Å². The third-order valence-electron chi connectivity index (χ3n) is 5.78. The van der Waals surface area contributed by atoms with E-state index in [1.165, 1.54) is 6.42 Å². The highest BCUT2D eigenvalue weighted by molar-refractivity contribution is 6.01. The second kappa shape index (κ2) is 4.19. The largest absolute Gasteiger partial charge is 0.350 e. The van der Waals surface area contributed by atoms with Gasteiger partial charge in [0.05, 0.1) is 0 Å². The lowest BCUT2D eigenvalue weighted by Gasteiger charge is -2.24. The Kier molecular flexibility index (Phi) is 2.51. The summed E-state index contributed by atoms with van der Waals surface area (Å²) in [6.45, 7) is 0. The molecule has 6 N–H and O–H groups in total. The molecule has 4 aliphatic rings. The van der Waals surface area contributed by atoms with Crippen molar-refractivity contribution in [2.75, 3.05) is 0 Å². The smallest absolute Gasteiger partial charge is 0.332 e. The molecule has 4 amide bonds. The van der Waals surface area contributed by atoms with E-state index in [1.807, 2.05) is 0 Å². The maximum atomic E-state index is 10.9. The number of hydrogen-bond acceptors (Lipinski definition) is 4. The highest BCUT2D eigenvalue weighted by Gasteiger charge is 2.67. The van der Waals surface area contributed by atoms with E-state index in [4.69, 9.17) is 11.5 Å². The van der Waals surface area contributed by atoms with Crippen molar-refractivity contribution in [3.05, 3.63) is 0 Å². The molecule has 4 rings (SSSR count). The predicted molar refractivity (Wildman–Crippen MR) is 75.1 cm³/mol. The third-order valence-corrected chi connectivity index (χ3v) is 5.78. The molecule has 0 unspecified atom stereocenters. The second-order valence-electron chi connectivity index (χ2n) is 6.51. The number of primary amides is 2. The highest BCUT2D eigenvalue weighted by Crippen LogP contribution is 2.68. The fraction of sp³-hybridized carbons (Fsp3) is 0.692. The van der Waals surface area contributed by atoms with Crippen LogP contribution in [0.1, 0.15) is 19.3 Å². The van der Waals surface area contributed by atoms with Gasteiger partial charge in [0, 0.05) is 23.3 Å². The maximum Gasteiger partial charge on any atom is 0.332 e. The standard InChI is InChI=1S/C13H18N6O2/c14-12(20)18-16-8-2-4-5-3-9(17-19-13(15)21)11-7(5)1-6(4)10(8)11/h4-7,10-11H,1-3H2,(H3,14,18,20)(H3,15,19,21)/t4-,5+,6-,7+,10-,11+. The lowest BCUT2D eigenvalue weighted by molar-refractivity contribution is 0.241. The first-order valence-electron chi connectivity index (χ1n) is 7.30. The number of nitrogens with two attached hydrogens (primary N) is 2. The van der Waals surface area contributed by atoms with Crippen LogP contribution < -0.4 is 22.3 Å². The zero-order valence-corrected chi connectivity index (χ0v) is 11.5. The molecule has 21 heavy (non-hydrogen) atoms. The first-order valence-corrected chi connectivity index (χ1v) is 7.30. The molecule has 0 spiro atoms. The molecule has 2 bridgehead atoms. The normalized spacial score (nSPS) is 45.5. The van der Waals surface area contributed by atoms with Crippen LogP contribution in [-0.2, 0) is 0 Å². The van der Waals surface area contributed by atoms with Crippen molar-refractivity contribution in [1.82, 2.24) is 10.9 Å². The molecular formula is C13H18N6O2. The Morgan fingerprint density at radius 1 is 0.857 bits per heavy atom. The van der Waals surface area contributed by atoms with Gasteiger partial charge in [-0.15, -0.1) is 0 Å². The average Bonchev–Trinajstić information content (AvgIpc) is 3.03. The number of nitrogens with one attached hydrogen (secondary N) is 2. The van der Waals surface area contributed by atoms with Crippen molar-refractivity contribution < 1.29 is 9.59 Å². The van der Waals surface area contributed by atoms with Crippen molar-refractivity contribution >= 4 is 23.5 Å². The number of hydrazone groups is 2. The van der Waals surface area contributed by atoms with E-state index in [-0.39, 0.29) is 0 Å². The Morgan fingerprint density at radius 2 is 1.29 bits per heavy atom. The maximum absolute atomic E-state index is 10.9. The molecule has 0 radical (unpaired) electrons. The molecule has 112 valence electrons. The minimum atomic E-state index is -0.634. The minimum absolute atomic E-state index is 0.332. The van der Waals surface area contributed by atoms with E-state index in [1.54, 1.807) is 0 Å². The highest BCUT2D eigenvalue weighted by atomic mass is 16.2. The molecule has 0 aliphatic heterocycles. The van der Waals surface area contributed by atoms with Crippen molar-refractivity contribution in [2.24, 2.45) is 57.2 Å². The first-order chi connectivity index (χ1) is 10.1. The molecule has 8 heteroatoms. The molecule has 4 saturated carbocycles. The van der Waals surface area contributed by atoms with Gasteiger partial charge in [-0.25, -0.2) is 20.4 Å². The van der Waals surface area contributed by atoms with Gasteiger partial charge in [0.15, 0.2) is 0 Å². The van der Waals surface area contributed by atoms with Gasteiger partial charge in [0.2, 0.25) is 0 Å². The molecule has 8 nitrogen and oxygen atoms in total. The third kappa shape index (κ3) is 1.68. The van der Waals surface area contributed by atoms with E-state index in [9.17, 15) is 9.59 Å². The van der Waals surface area contributed by atoms with Crippen LogP contribution in [0.15, 0.2) is 10.2 Å². The summed E-state index contributed by atoms with van der Waals surface area (Å²) >= 11 is 0. The molecule has 4 fully saturated rings. The number of urea groups is 2. The van der Waals surface area contributed by atoms with E-state index in [0.717, 1.165) is 24.3 Å². The van der Waals surface area contributed by atoms with E-state index in [2.05, 4.69) is 21.1 Å². The van der Waals surface area contributed by atoms with Gasteiger partial charge in [-0.1, -0.05) is 0 Å². The Balaban J connectivity index is 1.63. The van der Waals surface area contributed by atoms with Crippen molar-refractivity contribution in [3.8, 4) is 0 Å². The molecule has 6 atom stereocenters. The van der Waals surface area contributed by atoms with Gasteiger partial charge < -0.3 is 11.5 Å². The SMILES string of the molecule is NC(=O)NN=C1C[C@H]2[C@H]3CC(=NNC(N)=O)[C@H]4[C@@H]3C[C@@H]2[C@@H]14. The van der Waals surface area contributed by atoms with E-state index in [0.29, 0.717) is 35.5 Å². The minimum Gasteiger partial charge on any atom is -0.350 e. The topological polar surface area (TPSA) is 135 Å². The monoisotopic (exact) mass is 290 g/mol. The summed E-state index contributed by atoms with van der Waals surface area (Å²) < 4.78 is 0. The van der Waals surface area contributed by atoms with Crippen LogP contribution in [-0.4, -0.2) is 23.5 Å². The Hall–Kier alpha value is -2.12. The zero-order chi connectivity index (χ0) is 14.7. The van der Waals surface area contributed by atoms with Crippen molar-refractivity contribution in [1.29, 1.82) is 0 Å². The molecule has 0 heterocycles. The van der Waals surface area contributed by atoms with Gasteiger partial charge in [-0.2, -0.15) is 10.2 Å². The molecule has 0 aromatic carbocycles. The lowest BCUT2D eigenvalue weighted by atomic mass is 9.79. The van der Waals surface area contributed by atoms with Gasteiger partial charge in [0.1, 0.15) is 0 Å². The number of carbonyl (C=O) groups is 2. The van der Waals surface area contributed by atoms with Crippen LogP contribution in [0.5, 0.6) is 0 Å². The molecule has 0 aromatic rings. The Morgan fingerprint density at radius 3 is 1.67 bits per heavy atom. The van der Waals surface area contributed by atoms with Crippen LogP contribution in [0.2, 0.25) is 0 Å². The summed E-state index contributed by atoms with van der Waals surface area (Å²) in [4.78, 5) is 21.7. The van der Waals surface area contributed by atoms with Crippen molar-refractivity contribution in [3.63, 3.8) is 0 Å².